The van der Waals surface area contributed by atoms with Gasteiger partial charge in [0.1, 0.15) is 0 Å². The molecule has 0 saturated heterocycles. The lowest BCUT2D eigenvalue weighted by Crippen LogP contribution is -3.00. The van der Waals surface area contributed by atoms with E-state index in [0.29, 0.717) is 13.2 Å². The number of unbranched alkanes of at least 4 members (excludes halogenated alkanes) is 23. The predicted octanol–water partition coefficient (Wildman–Crippen LogP) is 11.1. The van der Waals surface area contributed by atoms with E-state index in [1.807, 2.05) is 0 Å². The number of rotatable bonds is 44. The second-order valence-corrected chi connectivity index (χ2v) is 17.6. The molecule has 0 aliphatic heterocycles. The van der Waals surface area contributed by atoms with Gasteiger partial charge in [-0.2, -0.15) is 0 Å². The molecule has 0 bridgehead atoms. The summed E-state index contributed by atoms with van der Waals surface area (Å²) < 4.78 is 12.8. The molecule has 0 fully saturated rings. The third kappa shape index (κ3) is 36.7. The summed E-state index contributed by atoms with van der Waals surface area (Å²) in [6, 6.07) is 0. The Labute approximate surface area is 367 Å². The van der Waals surface area contributed by atoms with Crippen molar-refractivity contribution in [2.45, 2.75) is 246 Å². The Balaban J connectivity index is 0. The quantitative estimate of drug-likeness (QED) is 0.0285. The maximum Gasteiger partial charge on any atom is 0.308 e. The van der Waals surface area contributed by atoms with Gasteiger partial charge in [-0.1, -0.05) is 156 Å². The Morgan fingerprint density at radius 3 is 1.02 bits per heavy atom. The summed E-state index contributed by atoms with van der Waals surface area (Å²) in [6.45, 7) is 13.9. The third-order valence-corrected chi connectivity index (χ3v) is 12.1. The van der Waals surface area contributed by atoms with Crippen molar-refractivity contribution in [3.63, 3.8) is 0 Å². The molecule has 0 amide bonds. The molecule has 0 aliphatic carbocycles. The SMILES string of the molecule is CCCCCCCCC(CCCCCC)C(=O)OCCCCCC[N+](C)(CCCCO)CCCCCCOC(=O)C(CCCCCC)CCCCCCCC.[I-]. The molecule has 56 heavy (non-hydrogen) atoms. The second kappa shape index (κ2) is 44.2. The van der Waals surface area contributed by atoms with Crippen LogP contribution in [0.4, 0.5) is 0 Å². The average Bonchev–Trinajstić information content (AvgIpc) is 3.18. The molecule has 0 radical (unpaired) electrons. The number of hydrogen-bond donors (Lipinski definition) is 1. The minimum Gasteiger partial charge on any atom is -1.00 e. The molecule has 336 valence electrons. The molecule has 0 aromatic heterocycles. The third-order valence-electron chi connectivity index (χ3n) is 12.1. The Bertz CT molecular complexity index is 768. The van der Waals surface area contributed by atoms with Gasteiger partial charge in [0.25, 0.3) is 0 Å². The van der Waals surface area contributed by atoms with Gasteiger partial charge in [0.05, 0.1) is 51.7 Å². The van der Waals surface area contributed by atoms with Gasteiger partial charge in [-0.3, -0.25) is 9.59 Å². The van der Waals surface area contributed by atoms with Crippen molar-refractivity contribution in [3.8, 4) is 0 Å². The molecule has 6 nitrogen and oxygen atoms in total. The number of aliphatic hydroxyl groups excluding tert-OH is 1. The van der Waals surface area contributed by atoms with Crippen LogP contribution in [0.3, 0.4) is 0 Å². The molecule has 0 aromatic rings. The van der Waals surface area contributed by atoms with Crippen molar-refractivity contribution in [1.82, 2.24) is 0 Å². The maximum atomic E-state index is 13.0. The lowest BCUT2D eigenvalue weighted by atomic mass is 9.94. The van der Waals surface area contributed by atoms with Crippen molar-refractivity contribution in [3.05, 3.63) is 0 Å². The number of halogens is 1. The van der Waals surface area contributed by atoms with Crippen LogP contribution >= 0.6 is 0 Å². The van der Waals surface area contributed by atoms with Crippen LogP contribution < -0.4 is 24.0 Å². The summed E-state index contributed by atoms with van der Waals surface area (Å²) in [7, 11) is 2.40. The zero-order valence-corrected chi connectivity index (χ0v) is 40.5. The molecule has 2 unspecified atom stereocenters. The predicted molar refractivity (Wildman–Crippen MR) is 236 cm³/mol. The van der Waals surface area contributed by atoms with Crippen molar-refractivity contribution >= 4 is 11.9 Å². The number of carbonyl (C=O) groups excluding carboxylic acids is 2. The highest BCUT2D eigenvalue weighted by molar-refractivity contribution is 5.72. The fraction of sp³-hybridized carbons (Fsp3) is 0.959. The van der Waals surface area contributed by atoms with E-state index in [4.69, 9.17) is 9.47 Å². The van der Waals surface area contributed by atoms with E-state index in [2.05, 4.69) is 34.7 Å². The molecule has 0 saturated carbocycles. The number of quaternary nitrogens is 1. The number of ether oxygens (including phenoxy) is 2. The minimum atomic E-state index is 0. The van der Waals surface area contributed by atoms with Gasteiger partial charge >= 0.3 is 11.9 Å². The summed E-state index contributed by atoms with van der Waals surface area (Å²) in [5.74, 6) is 0.294. The summed E-state index contributed by atoms with van der Waals surface area (Å²) in [5.41, 5.74) is 0. The van der Waals surface area contributed by atoms with E-state index in [0.717, 1.165) is 101 Å². The Morgan fingerprint density at radius 1 is 0.411 bits per heavy atom. The fourth-order valence-corrected chi connectivity index (χ4v) is 8.16. The van der Waals surface area contributed by atoms with Crippen LogP contribution in [-0.4, -0.2) is 68.0 Å². The minimum absolute atomic E-state index is 0. The van der Waals surface area contributed by atoms with Gasteiger partial charge in [-0.15, -0.1) is 0 Å². The zero-order chi connectivity index (χ0) is 40.5. The van der Waals surface area contributed by atoms with Crippen molar-refractivity contribution in [1.29, 1.82) is 0 Å². The number of nitrogens with zero attached hydrogens (tertiary/aromatic N) is 1. The van der Waals surface area contributed by atoms with E-state index in [1.54, 1.807) is 0 Å². The molecule has 0 aliphatic rings. The van der Waals surface area contributed by atoms with E-state index in [-0.39, 0.29) is 54.4 Å². The number of aliphatic hydroxyl groups is 1. The molecule has 0 heterocycles. The summed E-state index contributed by atoms with van der Waals surface area (Å²) in [4.78, 5) is 26.0. The van der Waals surface area contributed by atoms with Gasteiger partial charge in [-0.25, -0.2) is 0 Å². The summed E-state index contributed by atoms with van der Waals surface area (Å²) in [5, 5.41) is 9.42. The van der Waals surface area contributed by atoms with Gasteiger partial charge < -0.3 is 43.0 Å². The Hall–Kier alpha value is -0.410. The number of hydrogen-bond acceptors (Lipinski definition) is 5. The molecule has 7 heteroatoms. The average molecular weight is 908 g/mol. The first-order valence-electron chi connectivity index (χ1n) is 24.6. The first kappa shape index (κ1) is 57.7. The summed E-state index contributed by atoms with van der Waals surface area (Å²) >= 11 is 0. The zero-order valence-electron chi connectivity index (χ0n) is 38.3. The highest BCUT2D eigenvalue weighted by Gasteiger charge is 2.22. The van der Waals surface area contributed by atoms with Crippen LogP contribution in [0.5, 0.6) is 0 Å². The monoisotopic (exact) mass is 908 g/mol. The van der Waals surface area contributed by atoms with Crippen LogP contribution in [-0.2, 0) is 19.1 Å². The number of esters is 2. The first-order valence-corrected chi connectivity index (χ1v) is 24.6. The highest BCUT2D eigenvalue weighted by atomic mass is 127. The maximum absolute atomic E-state index is 13.0. The molecule has 2 atom stereocenters. The topological polar surface area (TPSA) is 72.8 Å². The van der Waals surface area contributed by atoms with E-state index >= 15 is 0 Å². The molecular weight excluding hydrogens is 809 g/mol. The standard InChI is InChI=1S/C49H98NO5.HI/c1-6-10-14-18-20-28-38-46(36-26-16-12-8-3)48(52)54-44-34-24-22-30-40-50(5,42-32-33-43-51)41-31-23-25-35-45-55-49(53)47(37-27-17-13-9-4)39-29-21-19-15-11-7-2;/h46-47,51H,6-45H2,1-5H3;1H/q+1;/p-1. The van der Waals surface area contributed by atoms with E-state index in [1.165, 1.54) is 142 Å². The Morgan fingerprint density at radius 2 is 0.679 bits per heavy atom. The van der Waals surface area contributed by atoms with Crippen LogP contribution in [0.2, 0.25) is 0 Å². The summed E-state index contributed by atoms with van der Waals surface area (Å²) in [6.07, 6.45) is 39.7. The van der Waals surface area contributed by atoms with Crippen molar-refractivity contribution in [2.24, 2.45) is 11.8 Å². The Kier molecular flexibility index (Phi) is 45.5. The molecule has 0 rings (SSSR count). The van der Waals surface area contributed by atoms with Crippen LogP contribution in [0.15, 0.2) is 0 Å². The van der Waals surface area contributed by atoms with Gasteiger partial charge in [0, 0.05) is 6.61 Å². The van der Waals surface area contributed by atoms with Gasteiger partial charge in [0.2, 0.25) is 0 Å². The van der Waals surface area contributed by atoms with Crippen LogP contribution in [0, 0.1) is 11.8 Å². The van der Waals surface area contributed by atoms with Crippen LogP contribution in [0.1, 0.15) is 246 Å². The lowest BCUT2D eigenvalue weighted by Gasteiger charge is -2.35. The normalized spacial score (nSPS) is 13.5. The largest absolute Gasteiger partial charge is 1.00 e. The van der Waals surface area contributed by atoms with E-state index in [9.17, 15) is 14.7 Å². The first-order chi connectivity index (χ1) is 26.9. The smallest absolute Gasteiger partial charge is 0.308 e. The number of carbonyl (C=O) groups is 2. The van der Waals surface area contributed by atoms with Gasteiger partial charge in [0.15, 0.2) is 0 Å². The van der Waals surface area contributed by atoms with Gasteiger partial charge in [-0.05, 0) is 89.9 Å². The highest BCUT2D eigenvalue weighted by Crippen LogP contribution is 2.23. The lowest BCUT2D eigenvalue weighted by molar-refractivity contribution is -0.910. The molecule has 0 spiro atoms. The van der Waals surface area contributed by atoms with Crippen LogP contribution in [0.25, 0.3) is 0 Å². The van der Waals surface area contributed by atoms with Crippen molar-refractivity contribution < 1.29 is 52.6 Å². The molecular formula is C49H98INO5. The molecule has 0 aromatic carbocycles. The van der Waals surface area contributed by atoms with Crippen molar-refractivity contribution in [2.75, 3.05) is 46.5 Å². The fourth-order valence-electron chi connectivity index (χ4n) is 8.16. The van der Waals surface area contributed by atoms with E-state index < -0.39 is 0 Å². The molecule has 1 N–H and O–H groups in total. The second-order valence-electron chi connectivity index (χ2n) is 17.6.